The van der Waals surface area contributed by atoms with Crippen LogP contribution in [0.5, 0.6) is 5.75 Å². The summed E-state index contributed by atoms with van der Waals surface area (Å²) in [6.07, 6.45) is 1.54. The summed E-state index contributed by atoms with van der Waals surface area (Å²) < 4.78 is 7.85. The van der Waals surface area contributed by atoms with E-state index in [4.69, 9.17) is 4.74 Å². The quantitative estimate of drug-likeness (QED) is 0.847. The summed E-state index contributed by atoms with van der Waals surface area (Å²) in [6.45, 7) is 0.495. The minimum absolute atomic E-state index is 0.233. The fourth-order valence-electron chi connectivity index (χ4n) is 1.46. The summed E-state index contributed by atoms with van der Waals surface area (Å²) in [5.41, 5.74) is 0.268. The number of nitrogens with zero attached hydrogens (tertiary/aromatic N) is 3. The lowest BCUT2D eigenvalue weighted by Gasteiger charge is -2.01. The molecule has 0 radical (unpaired) electrons. The molecule has 6 nitrogen and oxygen atoms in total. The van der Waals surface area contributed by atoms with Gasteiger partial charge in [0.05, 0.1) is 12.7 Å². The molecular weight excluding hydrogens is 336 g/mol. The molecule has 0 spiro atoms. The molecule has 0 unspecified atom stereocenters. The van der Waals surface area contributed by atoms with E-state index in [-0.39, 0.29) is 24.8 Å². The van der Waals surface area contributed by atoms with E-state index in [1.165, 1.54) is 4.68 Å². The second-order valence-electron chi connectivity index (χ2n) is 4.06. The number of aromatic nitrogens is 3. The van der Waals surface area contributed by atoms with Gasteiger partial charge in [0.2, 0.25) is 0 Å². The number of nitrogens with one attached hydrogen (secondary N) is 1. The van der Waals surface area contributed by atoms with E-state index in [0.717, 1.165) is 10.2 Å². The van der Waals surface area contributed by atoms with Crippen LogP contribution in [0.2, 0.25) is 0 Å². The van der Waals surface area contributed by atoms with Crippen molar-refractivity contribution in [3.05, 3.63) is 40.6 Å². The van der Waals surface area contributed by atoms with Gasteiger partial charge in [-0.3, -0.25) is 9.48 Å². The first kappa shape index (κ1) is 15.1. The number of hydrogen-bond acceptors (Lipinski definition) is 4. The standard InChI is InChI=1S/C14H13BrN4O2/c1-19-10-13(17-18-19)14(20)16-7-2-3-8-21-12-6-4-5-11(15)9-12/h4-6,9-10H,7-8H2,1H3,(H,16,20). The SMILES string of the molecule is Cn1cc(C(=O)NCC#CCOc2cccc(Br)c2)nn1. The molecule has 1 aromatic carbocycles. The molecule has 2 aromatic rings. The summed E-state index contributed by atoms with van der Waals surface area (Å²) >= 11 is 3.36. The van der Waals surface area contributed by atoms with Crippen molar-refractivity contribution in [2.45, 2.75) is 0 Å². The van der Waals surface area contributed by atoms with E-state index >= 15 is 0 Å². The van der Waals surface area contributed by atoms with Crippen molar-refractivity contribution in [1.82, 2.24) is 20.3 Å². The third-order valence-corrected chi connectivity index (χ3v) is 2.90. The van der Waals surface area contributed by atoms with Crippen molar-refractivity contribution in [2.24, 2.45) is 7.05 Å². The highest BCUT2D eigenvalue weighted by atomic mass is 79.9. The smallest absolute Gasteiger partial charge is 0.274 e. The first-order valence-corrected chi connectivity index (χ1v) is 6.93. The molecule has 0 aliphatic rings. The molecule has 0 atom stereocenters. The van der Waals surface area contributed by atoms with Crippen LogP contribution in [0.1, 0.15) is 10.5 Å². The molecule has 0 saturated carbocycles. The zero-order valence-corrected chi connectivity index (χ0v) is 12.9. The molecule has 1 heterocycles. The van der Waals surface area contributed by atoms with Crippen LogP contribution in [-0.2, 0) is 7.05 Å². The van der Waals surface area contributed by atoms with Crippen molar-refractivity contribution >= 4 is 21.8 Å². The zero-order valence-electron chi connectivity index (χ0n) is 11.3. The van der Waals surface area contributed by atoms with Crippen LogP contribution in [0, 0.1) is 11.8 Å². The third kappa shape index (κ3) is 4.93. The Hall–Kier alpha value is -2.33. The summed E-state index contributed by atoms with van der Waals surface area (Å²) in [5.74, 6) is 6.06. The van der Waals surface area contributed by atoms with Gasteiger partial charge in [0.1, 0.15) is 12.4 Å². The van der Waals surface area contributed by atoms with E-state index in [0.29, 0.717) is 0 Å². The van der Waals surface area contributed by atoms with Gasteiger partial charge in [0, 0.05) is 11.5 Å². The molecule has 0 bridgehead atoms. The fraction of sp³-hybridized carbons (Fsp3) is 0.214. The second kappa shape index (κ2) is 7.45. The number of rotatable bonds is 4. The Bertz CT molecular complexity index is 688. The topological polar surface area (TPSA) is 69.0 Å². The molecular formula is C14H13BrN4O2. The lowest BCUT2D eigenvalue weighted by atomic mass is 10.3. The predicted octanol–water partition coefficient (Wildman–Crippen LogP) is 1.39. The van der Waals surface area contributed by atoms with E-state index < -0.39 is 0 Å². The van der Waals surface area contributed by atoms with Crippen LogP contribution in [0.15, 0.2) is 34.9 Å². The van der Waals surface area contributed by atoms with Gasteiger partial charge in [-0.15, -0.1) is 5.10 Å². The van der Waals surface area contributed by atoms with E-state index in [1.54, 1.807) is 13.2 Å². The van der Waals surface area contributed by atoms with Crippen molar-refractivity contribution in [2.75, 3.05) is 13.2 Å². The molecule has 21 heavy (non-hydrogen) atoms. The molecule has 0 fully saturated rings. The zero-order chi connectivity index (χ0) is 15.1. The highest BCUT2D eigenvalue weighted by molar-refractivity contribution is 9.10. The minimum atomic E-state index is -0.301. The summed E-state index contributed by atoms with van der Waals surface area (Å²) in [6, 6.07) is 7.51. The van der Waals surface area contributed by atoms with Gasteiger partial charge in [-0.1, -0.05) is 39.1 Å². The van der Waals surface area contributed by atoms with Crippen LogP contribution < -0.4 is 10.1 Å². The average Bonchev–Trinajstić information content (AvgIpc) is 2.89. The van der Waals surface area contributed by atoms with Gasteiger partial charge in [-0.2, -0.15) is 0 Å². The molecule has 1 aromatic heterocycles. The van der Waals surface area contributed by atoms with Crippen LogP contribution in [0.3, 0.4) is 0 Å². The second-order valence-corrected chi connectivity index (χ2v) is 4.98. The highest BCUT2D eigenvalue weighted by Gasteiger charge is 2.07. The van der Waals surface area contributed by atoms with Gasteiger partial charge < -0.3 is 10.1 Å². The van der Waals surface area contributed by atoms with Crippen molar-refractivity contribution in [3.63, 3.8) is 0 Å². The number of hydrogen-bond donors (Lipinski definition) is 1. The minimum Gasteiger partial charge on any atom is -0.481 e. The Morgan fingerprint density at radius 2 is 2.33 bits per heavy atom. The summed E-state index contributed by atoms with van der Waals surface area (Å²) in [4.78, 5) is 11.6. The molecule has 2 rings (SSSR count). The Kier molecular flexibility index (Phi) is 5.35. The number of benzene rings is 1. The number of ether oxygens (including phenoxy) is 1. The first-order valence-electron chi connectivity index (χ1n) is 6.14. The fourth-order valence-corrected chi connectivity index (χ4v) is 1.83. The Morgan fingerprint density at radius 1 is 1.48 bits per heavy atom. The molecule has 0 saturated heterocycles. The largest absolute Gasteiger partial charge is 0.481 e. The Morgan fingerprint density at radius 3 is 3.05 bits per heavy atom. The summed E-state index contributed by atoms with van der Waals surface area (Å²) in [5, 5.41) is 10.0. The first-order chi connectivity index (χ1) is 10.1. The van der Waals surface area contributed by atoms with Crippen LogP contribution in [-0.4, -0.2) is 34.1 Å². The Labute approximate surface area is 130 Å². The van der Waals surface area contributed by atoms with Gasteiger partial charge in [0.25, 0.3) is 5.91 Å². The van der Waals surface area contributed by atoms with Crippen LogP contribution >= 0.6 is 15.9 Å². The number of amides is 1. The number of carbonyl (C=O) groups excluding carboxylic acids is 1. The molecule has 1 N–H and O–H groups in total. The maximum absolute atomic E-state index is 11.6. The Balaban J connectivity index is 1.71. The normalized spacial score (nSPS) is 9.62. The van der Waals surface area contributed by atoms with Gasteiger partial charge in [0.15, 0.2) is 5.69 Å². The van der Waals surface area contributed by atoms with E-state index in [2.05, 4.69) is 43.4 Å². The lowest BCUT2D eigenvalue weighted by Crippen LogP contribution is -2.24. The summed E-state index contributed by atoms with van der Waals surface area (Å²) in [7, 11) is 1.70. The number of carbonyl (C=O) groups is 1. The predicted molar refractivity (Wildman–Crippen MR) is 80.7 cm³/mol. The maximum atomic E-state index is 11.6. The third-order valence-electron chi connectivity index (χ3n) is 2.40. The molecule has 0 aliphatic carbocycles. The maximum Gasteiger partial charge on any atom is 0.274 e. The van der Waals surface area contributed by atoms with E-state index in [9.17, 15) is 4.79 Å². The van der Waals surface area contributed by atoms with Crippen LogP contribution in [0.25, 0.3) is 0 Å². The van der Waals surface area contributed by atoms with Gasteiger partial charge in [-0.05, 0) is 18.2 Å². The van der Waals surface area contributed by atoms with Crippen LogP contribution in [0.4, 0.5) is 0 Å². The molecule has 108 valence electrons. The number of halogens is 1. The van der Waals surface area contributed by atoms with Crippen molar-refractivity contribution < 1.29 is 9.53 Å². The van der Waals surface area contributed by atoms with E-state index in [1.807, 2.05) is 24.3 Å². The lowest BCUT2D eigenvalue weighted by molar-refractivity contribution is 0.0953. The molecule has 1 amide bonds. The van der Waals surface area contributed by atoms with Gasteiger partial charge >= 0.3 is 0 Å². The highest BCUT2D eigenvalue weighted by Crippen LogP contribution is 2.17. The molecule has 0 aliphatic heterocycles. The van der Waals surface area contributed by atoms with Gasteiger partial charge in [-0.25, -0.2) is 0 Å². The average molecular weight is 349 g/mol. The number of aryl methyl sites for hydroxylation is 1. The van der Waals surface area contributed by atoms with Crippen molar-refractivity contribution in [3.8, 4) is 17.6 Å². The molecule has 7 heteroatoms. The monoisotopic (exact) mass is 348 g/mol. The van der Waals surface area contributed by atoms with Crippen molar-refractivity contribution in [1.29, 1.82) is 0 Å².